The molecule has 2 aromatic carbocycles. The summed E-state index contributed by atoms with van der Waals surface area (Å²) in [7, 11) is 0. The molecule has 0 radical (unpaired) electrons. The van der Waals surface area contributed by atoms with Gasteiger partial charge in [0.2, 0.25) is 0 Å². The molecular formula is C21H25N3O3. The van der Waals surface area contributed by atoms with Crippen LogP contribution in [0.4, 0.5) is 0 Å². The Balaban J connectivity index is 1.44. The average molecular weight is 367 g/mol. The molecule has 4 rings (SSSR count). The first-order valence-electron chi connectivity index (χ1n) is 9.52. The molecule has 0 aliphatic carbocycles. The number of hydrogen-bond donors (Lipinski definition) is 2. The molecule has 1 aromatic heterocycles. The van der Waals surface area contributed by atoms with E-state index in [4.69, 9.17) is 4.74 Å². The van der Waals surface area contributed by atoms with Gasteiger partial charge in [0, 0.05) is 25.7 Å². The van der Waals surface area contributed by atoms with Gasteiger partial charge in [0.05, 0.1) is 17.6 Å². The molecule has 3 aromatic rings. The lowest BCUT2D eigenvalue weighted by atomic mass is 10.0. The van der Waals surface area contributed by atoms with Gasteiger partial charge in [0.25, 0.3) is 0 Å². The standard InChI is InChI=1S/C21H25N3O3/c1-2-27-20-13-15(7-8-19(20)25)14-23-11-9-16(10-12-23)24-18-6-4-3-5-17(18)22-21(24)26/h3-8,13,16,25H,2,9-12,14H2,1H3,(H,22,26). The number of likely N-dealkylation sites (tertiary alicyclic amines) is 1. The molecule has 1 fully saturated rings. The summed E-state index contributed by atoms with van der Waals surface area (Å²) in [6.07, 6.45) is 1.89. The lowest BCUT2D eigenvalue weighted by Crippen LogP contribution is -2.36. The zero-order chi connectivity index (χ0) is 18.8. The Morgan fingerprint density at radius 3 is 2.74 bits per heavy atom. The Morgan fingerprint density at radius 2 is 1.96 bits per heavy atom. The van der Waals surface area contributed by atoms with Gasteiger partial charge >= 0.3 is 5.69 Å². The highest BCUT2D eigenvalue weighted by atomic mass is 16.5. The quantitative estimate of drug-likeness (QED) is 0.726. The predicted molar refractivity (Wildman–Crippen MR) is 105 cm³/mol. The molecular weight excluding hydrogens is 342 g/mol. The van der Waals surface area contributed by atoms with Gasteiger partial charge in [-0.3, -0.25) is 9.47 Å². The SMILES string of the molecule is CCOc1cc(CN2CCC(n3c(=O)[nH]c4ccccc43)CC2)ccc1O. The summed E-state index contributed by atoms with van der Waals surface area (Å²) < 4.78 is 7.39. The van der Waals surface area contributed by atoms with Crippen LogP contribution in [0.5, 0.6) is 11.5 Å². The lowest BCUT2D eigenvalue weighted by Gasteiger charge is -2.32. The third kappa shape index (κ3) is 3.57. The molecule has 27 heavy (non-hydrogen) atoms. The lowest BCUT2D eigenvalue weighted by molar-refractivity contribution is 0.179. The number of fused-ring (bicyclic) bond motifs is 1. The second-order valence-corrected chi connectivity index (χ2v) is 7.06. The fraction of sp³-hybridized carbons (Fsp3) is 0.381. The van der Waals surface area contributed by atoms with Crippen LogP contribution in [0.1, 0.15) is 31.4 Å². The number of rotatable bonds is 5. The Hall–Kier alpha value is -2.73. The number of nitrogens with one attached hydrogen (secondary N) is 1. The number of phenols is 1. The smallest absolute Gasteiger partial charge is 0.326 e. The molecule has 1 aliphatic heterocycles. The monoisotopic (exact) mass is 367 g/mol. The van der Waals surface area contributed by atoms with Crippen LogP contribution >= 0.6 is 0 Å². The highest BCUT2D eigenvalue weighted by Crippen LogP contribution is 2.29. The molecule has 0 bridgehead atoms. The van der Waals surface area contributed by atoms with Gasteiger partial charge in [-0.1, -0.05) is 18.2 Å². The molecule has 0 spiro atoms. The maximum atomic E-state index is 12.4. The first kappa shape index (κ1) is 17.7. The number of H-pyrrole nitrogens is 1. The van der Waals surface area contributed by atoms with E-state index in [0.29, 0.717) is 12.4 Å². The number of aromatic amines is 1. The number of piperidine rings is 1. The van der Waals surface area contributed by atoms with E-state index in [1.807, 2.05) is 47.9 Å². The first-order chi connectivity index (χ1) is 13.2. The summed E-state index contributed by atoms with van der Waals surface area (Å²) in [6.45, 7) is 5.12. The number of aromatic nitrogens is 2. The number of benzene rings is 2. The maximum absolute atomic E-state index is 12.4. The second-order valence-electron chi connectivity index (χ2n) is 7.06. The number of para-hydroxylation sites is 2. The number of imidazole rings is 1. The number of aromatic hydroxyl groups is 1. The van der Waals surface area contributed by atoms with Crippen molar-refractivity contribution in [3.63, 3.8) is 0 Å². The molecule has 0 unspecified atom stereocenters. The minimum absolute atomic E-state index is 0.0189. The van der Waals surface area contributed by atoms with Crippen LogP contribution in [0.15, 0.2) is 47.3 Å². The molecule has 0 atom stereocenters. The minimum atomic E-state index is -0.0189. The predicted octanol–water partition coefficient (Wildman–Crippen LogP) is 3.27. The zero-order valence-electron chi connectivity index (χ0n) is 15.5. The average Bonchev–Trinajstić information content (AvgIpc) is 3.01. The summed E-state index contributed by atoms with van der Waals surface area (Å²) >= 11 is 0. The molecule has 1 saturated heterocycles. The highest BCUT2D eigenvalue weighted by molar-refractivity contribution is 5.75. The second kappa shape index (κ2) is 7.48. The van der Waals surface area contributed by atoms with Crippen LogP contribution in [0.25, 0.3) is 11.0 Å². The summed E-state index contributed by atoms with van der Waals surface area (Å²) in [5.74, 6) is 0.716. The van der Waals surface area contributed by atoms with E-state index in [9.17, 15) is 9.90 Å². The van der Waals surface area contributed by atoms with Crippen LogP contribution in [0.2, 0.25) is 0 Å². The molecule has 2 N–H and O–H groups in total. The maximum Gasteiger partial charge on any atom is 0.326 e. The van der Waals surface area contributed by atoms with Crippen LogP contribution in [-0.4, -0.2) is 39.3 Å². The van der Waals surface area contributed by atoms with Crippen molar-refractivity contribution in [2.45, 2.75) is 32.4 Å². The number of ether oxygens (including phenoxy) is 1. The van der Waals surface area contributed by atoms with Crippen LogP contribution in [0, 0.1) is 0 Å². The summed E-state index contributed by atoms with van der Waals surface area (Å²) in [5.41, 5.74) is 2.99. The van der Waals surface area contributed by atoms with E-state index >= 15 is 0 Å². The van der Waals surface area contributed by atoms with E-state index in [1.54, 1.807) is 6.07 Å². The van der Waals surface area contributed by atoms with E-state index in [0.717, 1.165) is 49.1 Å². The molecule has 1 aliphatic rings. The fourth-order valence-electron chi connectivity index (χ4n) is 3.96. The molecule has 0 amide bonds. The molecule has 142 valence electrons. The van der Waals surface area contributed by atoms with Gasteiger partial charge in [-0.05, 0) is 49.6 Å². The topological polar surface area (TPSA) is 70.5 Å². The molecule has 6 heteroatoms. The van der Waals surface area contributed by atoms with Gasteiger partial charge in [-0.15, -0.1) is 0 Å². The van der Waals surface area contributed by atoms with Crippen molar-refractivity contribution >= 4 is 11.0 Å². The van der Waals surface area contributed by atoms with Crippen molar-refractivity contribution in [1.82, 2.24) is 14.5 Å². The minimum Gasteiger partial charge on any atom is -0.504 e. The number of nitrogens with zero attached hydrogens (tertiary/aromatic N) is 2. The number of phenolic OH excluding ortho intramolecular Hbond substituents is 1. The summed E-state index contributed by atoms with van der Waals surface area (Å²) in [5, 5.41) is 9.85. The molecule has 6 nitrogen and oxygen atoms in total. The van der Waals surface area contributed by atoms with Crippen molar-refractivity contribution in [3.05, 3.63) is 58.5 Å². The largest absolute Gasteiger partial charge is 0.504 e. The van der Waals surface area contributed by atoms with E-state index in [2.05, 4.69) is 9.88 Å². The Kier molecular flexibility index (Phi) is 4.90. The third-order valence-corrected chi connectivity index (χ3v) is 5.28. The van der Waals surface area contributed by atoms with Crippen LogP contribution < -0.4 is 10.4 Å². The van der Waals surface area contributed by atoms with Crippen LogP contribution in [0.3, 0.4) is 0 Å². The normalized spacial score (nSPS) is 16.0. The van der Waals surface area contributed by atoms with E-state index in [-0.39, 0.29) is 17.5 Å². The number of hydrogen-bond acceptors (Lipinski definition) is 4. The van der Waals surface area contributed by atoms with E-state index in [1.165, 1.54) is 0 Å². The fourth-order valence-corrected chi connectivity index (χ4v) is 3.96. The van der Waals surface area contributed by atoms with Crippen molar-refractivity contribution in [1.29, 1.82) is 0 Å². The van der Waals surface area contributed by atoms with Crippen LogP contribution in [-0.2, 0) is 6.54 Å². The molecule has 0 saturated carbocycles. The van der Waals surface area contributed by atoms with Gasteiger partial charge in [0.15, 0.2) is 11.5 Å². The highest BCUT2D eigenvalue weighted by Gasteiger charge is 2.23. The van der Waals surface area contributed by atoms with Crippen molar-refractivity contribution in [3.8, 4) is 11.5 Å². The van der Waals surface area contributed by atoms with Crippen molar-refractivity contribution < 1.29 is 9.84 Å². The summed E-state index contributed by atoms with van der Waals surface area (Å²) in [4.78, 5) is 17.7. The van der Waals surface area contributed by atoms with E-state index < -0.39 is 0 Å². The third-order valence-electron chi connectivity index (χ3n) is 5.28. The zero-order valence-corrected chi connectivity index (χ0v) is 15.5. The summed E-state index contributed by atoms with van der Waals surface area (Å²) in [6, 6.07) is 13.6. The Bertz CT molecular complexity index is 984. The van der Waals surface area contributed by atoms with Crippen molar-refractivity contribution in [2.24, 2.45) is 0 Å². The first-order valence-corrected chi connectivity index (χ1v) is 9.52. The Labute approximate surface area is 158 Å². The van der Waals surface area contributed by atoms with Gasteiger partial charge in [0.1, 0.15) is 0 Å². The van der Waals surface area contributed by atoms with Gasteiger partial charge in [-0.25, -0.2) is 4.79 Å². The Morgan fingerprint density at radius 1 is 1.19 bits per heavy atom. The van der Waals surface area contributed by atoms with Gasteiger partial charge in [-0.2, -0.15) is 0 Å². The van der Waals surface area contributed by atoms with Gasteiger partial charge < -0.3 is 14.8 Å². The van der Waals surface area contributed by atoms with Crippen molar-refractivity contribution in [2.75, 3.05) is 19.7 Å². The molecule has 2 heterocycles.